The molecule has 1 aliphatic heterocycles. The lowest BCUT2D eigenvalue weighted by Crippen LogP contribution is -2.54. The van der Waals surface area contributed by atoms with Crippen molar-refractivity contribution in [3.8, 4) is 0 Å². The number of nitrogens with zero attached hydrogens (tertiary/aromatic N) is 2. The molecule has 0 bridgehead atoms. The molecule has 2 heterocycles. The lowest BCUT2D eigenvalue weighted by atomic mass is 10.2. The van der Waals surface area contributed by atoms with E-state index in [9.17, 15) is 9.59 Å². The third-order valence-electron chi connectivity index (χ3n) is 2.68. The number of carbonyl (C=O) groups is 2. The largest absolute Gasteiger partial charge is 0.377 e. The molecule has 18 heavy (non-hydrogen) atoms. The van der Waals surface area contributed by atoms with Gasteiger partial charge >= 0.3 is 0 Å². The van der Waals surface area contributed by atoms with Gasteiger partial charge in [0.2, 0.25) is 5.91 Å². The van der Waals surface area contributed by atoms with Crippen molar-refractivity contribution in [2.75, 3.05) is 19.8 Å². The van der Waals surface area contributed by atoms with Crippen LogP contribution in [0.25, 0.3) is 0 Å². The van der Waals surface area contributed by atoms with E-state index in [-0.39, 0.29) is 18.2 Å². The number of hydrogen-bond donors (Lipinski definition) is 1. The van der Waals surface area contributed by atoms with Crippen LogP contribution in [-0.4, -0.2) is 47.5 Å². The van der Waals surface area contributed by atoms with Crippen molar-refractivity contribution in [1.82, 2.24) is 9.88 Å². The van der Waals surface area contributed by atoms with Crippen molar-refractivity contribution in [2.24, 2.45) is 5.73 Å². The zero-order valence-corrected chi connectivity index (χ0v) is 11.1. The molecule has 0 aromatic carbocycles. The number of nitrogens with two attached hydrogens (primary N) is 1. The van der Waals surface area contributed by atoms with Gasteiger partial charge < -0.3 is 15.4 Å². The summed E-state index contributed by atoms with van der Waals surface area (Å²) in [5.41, 5.74) is 5.54. The van der Waals surface area contributed by atoms with Crippen molar-refractivity contribution >= 4 is 27.7 Å². The average molecular weight is 314 g/mol. The minimum Gasteiger partial charge on any atom is -0.377 e. The summed E-state index contributed by atoms with van der Waals surface area (Å²) in [6, 6.07) is 2.70. The van der Waals surface area contributed by atoms with Crippen molar-refractivity contribution in [3.63, 3.8) is 0 Å². The minimum absolute atomic E-state index is 0.130. The summed E-state index contributed by atoms with van der Waals surface area (Å²) < 4.78 is 5.75. The van der Waals surface area contributed by atoms with Crippen molar-refractivity contribution in [3.05, 3.63) is 28.5 Å². The second kappa shape index (κ2) is 5.45. The van der Waals surface area contributed by atoms with Crippen LogP contribution in [0.5, 0.6) is 0 Å². The zero-order valence-electron chi connectivity index (χ0n) is 9.51. The lowest BCUT2D eigenvalue weighted by molar-refractivity contribution is -0.127. The second-order valence-electron chi connectivity index (χ2n) is 3.83. The van der Waals surface area contributed by atoms with Crippen molar-refractivity contribution < 1.29 is 14.3 Å². The first-order valence-electron chi connectivity index (χ1n) is 5.40. The van der Waals surface area contributed by atoms with E-state index in [0.717, 1.165) is 0 Å². The number of halogens is 1. The Morgan fingerprint density at radius 2 is 2.33 bits per heavy atom. The Morgan fingerprint density at radius 3 is 3.00 bits per heavy atom. The molecule has 2 N–H and O–H groups in total. The molecule has 1 atom stereocenters. The first-order chi connectivity index (χ1) is 8.61. The van der Waals surface area contributed by atoms with Gasteiger partial charge in [0, 0.05) is 17.2 Å². The molecular formula is C11H12BrN3O3. The monoisotopic (exact) mass is 313 g/mol. The number of pyridine rings is 1. The number of amides is 2. The molecule has 1 fully saturated rings. The van der Waals surface area contributed by atoms with Crippen LogP contribution in [0.15, 0.2) is 22.8 Å². The SMILES string of the molecule is NC(=O)C1COCCN1C(=O)c1ncccc1Br. The maximum Gasteiger partial charge on any atom is 0.274 e. The Hall–Kier alpha value is -1.47. The van der Waals surface area contributed by atoms with Gasteiger partial charge in [0.05, 0.1) is 13.2 Å². The Balaban J connectivity index is 2.27. The van der Waals surface area contributed by atoms with Gasteiger partial charge in [-0.25, -0.2) is 4.98 Å². The van der Waals surface area contributed by atoms with E-state index in [1.54, 1.807) is 12.1 Å². The fraction of sp³-hybridized carbons (Fsp3) is 0.364. The Bertz CT molecular complexity index is 480. The summed E-state index contributed by atoms with van der Waals surface area (Å²) in [4.78, 5) is 29.0. The summed E-state index contributed by atoms with van der Waals surface area (Å²) in [5, 5.41) is 0. The van der Waals surface area contributed by atoms with E-state index in [1.807, 2.05) is 0 Å². The third kappa shape index (κ3) is 2.51. The first kappa shape index (κ1) is 13.0. The molecule has 1 aromatic rings. The second-order valence-corrected chi connectivity index (χ2v) is 4.68. The molecular weight excluding hydrogens is 302 g/mol. The van der Waals surface area contributed by atoms with Gasteiger partial charge in [-0.15, -0.1) is 0 Å². The third-order valence-corrected chi connectivity index (χ3v) is 3.32. The smallest absolute Gasteiger partial charge is 0.274 e. The Kier molecular flexibility index (Phi) is 3.93. The fourth-order valence-electron chi connectivity index (χ4n) is 1.76. The molecule has 1 saturated heterocycles. The molecule has 1 unspecified atom stereocenters. The molecule has 0 aliphatic carbocycles. The van der Waals surface area contributed by atoms with E-state index < -0.39 is 11.9 Å². The molecule has 0 radical (unpaired) electrons. The van der Waals surface area contributed by atoms with E-state index >= 15 is 0 Å². The van der Waals surface area contributed by atoms with Gasteiger partial charge in [-0.1, -0.05) is 0 Å². The van der Waals surface area contributed by atoms with E-state index in [1.165, 1.54) is 11.1 Å². The molecule has 96 valence electrons. The van der Waals surface area contributed by atoms with Crippen molar-refractivity contribution in [1.29, 1.82) is 0 Å². The highest BCUT2D eigenvalue weighted by Crippen LogP contribution is 2.18. The molecule has 6 nitrogen and oxygen atoms in total. The number of ether oxygens (including phenoxy) is 1. The highest BCUT2D eigenvalue weighted by molar-refractivity contribution is 9.10. The van der Waals surface area contributed by atoms with Crippen LogP contribution in [-0.2, 0) is 9.53 Å². The fourth-order valence-corrected chi connectivity index (χ4v) is 2.19. The van der Waals surface area contributed by atoms with E-state index in [2.05, 4.69) is 20.9 Å². The van der Waals surface area contributed by atoms with Gasteiger partial charge in [-0.3, -0.25) is 9.59 Å². The summed E-state index contributed by atoms with van der Waals surface area (Å²) in [6.07, 6.45) is 1.53. The minimum atomic E-state index is -0.736. The molecule has 2 amide bonds. The number of hydrogen-bond acceptors (Lipinski definition) is 4. The summed E-state index contributed by atoms with van der Waals surface area (Å²) in [6.45, 7) is 0.848. The number of primary amides is 1. The highest BCUT2D eigenvalue weighted by atomic mass is 79.9. The Morgan fingerprint density at radius 1 is 1.56 bits per heavy atom. The van der Waals surface area contributed by atoms with Gasteiger partial charge in [-0.05, 0) is 28.1 Å². The molecule has 1 aliphatic rings. The molecule has 7 heteroatoms. The predicted molar refractivity (Wildman–Crippen MR) is 66.8 cm³/mol. The van der Waals surface area contributed by atoms with Crippen LogP contribution in [0.2, 0.25) is 0 Å². The van der Waals surface area contributed by atoms with Gasteiger partial charge in [0.25, 0.3) is 5.91 Å². The molecule has 0 saturated carbocycles. The van der Waals surface area contributed by atoms with Gasteiger partial charge in [0.15, 0.2) is 0 Å². The van der Waals surface area contributed by atoms with Gasteiger partial charge in [0.1, 0.15) is 11.7 Å². The normalized spacial score (nSPS) is 19.6. The summed E-state index contributed by atoms with van der Waals surface area (Å²) >= 11 is 3.26. The summed E-state index contributed by atoms with van der Waals surface area (Å²) in [7, 11) is 0. The standard InChI is InChI=1S/C11H12BrN3O3/c12-7-2-1-3-14-9(7)11(17)15-4-5-18-6-8(15)10(13)16/h1-3,8H,4-6H2,(H2,13,16). The Labute approximate surface area is 112 Å². The quantitative estimate of drug-likeness (QED) is 0.843. The zero-order chi connectivity index (χ0) is 13.1. The number of morpholine rings is 1. The van der Waals surface area contributed by atoms with E-state index in [0.29, 0.717) is 17.6 Å². The van der Waals surface area contributed by atoms with Crippen molar-refractivity contribution in [2.45, 2.75) is 6.04 Å². The van der Waals surface area contributed by atoms with Crippen LogP contribution in [0.3, 0.4) is 0 Å². The van der Waals surface area contributed by atoms with Gasteiger partial charge in [-0.2, -0.15) is 0 Å². The van der Waals surface area contributed by atoms with Crippen LogP contribution >= 0.6 is 15.9 Å². The maximum absolute atomic E-state index is 12.3. The van der Waals surface area contributed by atoms with Crippen LogP contribution in [0, 0.1) is 0 Å². The average Bonchev–Trinajstić information content (AvgIpc) is 2.38. The lowest BCUT2D eigenvalue weighted by Gasteiger charge is -2.33. The number of rotatable bonds is 2. The number of aromatic nitrogens is 1. The topological polar surface area (TPSA) is 85.5 Å². The highest BCUT2D eigenvalue weighted by Gasteiger charge is 2.33. The predicted octanol–water partition coefficient (Wildman–Crippen LogP) is 0.170. The maximum atomic E-state index is 12.3. The molecule has 2 rings (SSSR count). The first-order valence-corrected chi connectivity index (χ1v) is 6.19. The van der Waals surface area contributed by atoms with E-state index in [4.69, 9.17) is 10.5 Å². The summed E-state index contributed by atoms with van der Waals surface area (Å²) in [5.74, 6) is -0.898. The van der Waals surface area contributed by atoms with Crippen LogP contribution in [0.4, 0.5) is 0 Å². The van der Waals surface area contributed by atoms with Crippen LogP contribution < -0.4 is 5.73 Å². The number of carbonyl (C=O) groups excluding carboxylic acids is 2. The molecule has 0 spiro atoms. The molecule has 1 aromatic heterocycles. The van der Waals surface area contributed by atoms with Crippen LogP contribution in [0.1, 0.15) is 10.5 Å².